The minimum atomic E-state index is -3.67. The van der Waals surface area contributed by atoms with Crippen LogP contribution in [0, 0.1) is 0 Å². The van der Waals surface area contributed by atoms with Crippen molar-refractivity contribution in [2.24, 2.45) is 0 Å². The fourth-order valence-corrected chi connectivity index (χ4v) is 3.79. The number of carbonyl (C=O) groups is 1. The van der Waals surface area contributed by atoms with Crippen LogP contribution in [0.5, 0.6) is 5.75 Å². The predicted molar refractivity (Wildman–Crippen MR) is 113 cm³/mol. The van der Waals surface area contributed by atoms with Crippen LogP contribution in [0.25, 0.3) is 0 Å². The van der Waals surface area contributed by atoms with Crippen molar-refractivity contribution >= 4 is 44.8 Å². The van der Waals surface area contributed by atoms with E-state index in [1.807, 2.05) is 24.3 Å². The van der Waals surface area contributed by atoms with E-state index in [9.17, 15) is 13.2 Å². The maximum absolute atomic E-state index is 12.2. The van der Waals surface area contributed by atoms with Crippen LogP contribution in [-0.2, 0) is 21.2 Å². The molecule has 0 aliphatic heterocycles. The Morgan fingerprint density at radius 2 is 1.82 bits per heavy atom. The molecular weight excluding hydrogens is 423 g/mol. The molecule has 0 aliphatic carbocycles. The van der Waals surface area contributed by atoms with Crippen LogP contribution in [0.2, 0.25) is 10.0 Å². The normalized spacial score (nSPS) is 11.1. The van der Waals surface area contributed by atoms with Gasteiger partial charge in [-0.25, -0.2) is 8.42 Å². The number of sulfonamides is 1. The fourth-order valence-electron chi connectivity index (χ4n) is 2.57. The van der Waals surface area contributed by atoms with Gasteiger partial charge in [0.2, 0.25) is 15.9 Å². The Morgan fingerprint density at radius 1 is 1.14 bits per heavy atom. The Bertz CT molecular complexity index is 918. The summed E-state index contributed by atoms with van der Waals surface area (Å²) in [6.45, 7) is 0.102. The van der Waals surface area contributed by atoms with Crippen LogP contribution < -0.4 is 14.4 Å². The van der Waals surface area contributed by atoms with Crippen LogP contribution >= 0.6 is 23.2 Å². The van der Waals surface area contributed by atoms with Crippen LogP contribution in [0.15, 0.2) is 42.5 Å². The summed E-state index contributed by atoms with van der Waals surface area (Å²) in [6.07, 6.45) is 2.54. The third-order valence-electron chi connectivity index (χ3n) is 3.99. The summed E-state index contributed by atoms with van der Waals surface area (Å²) in [4.78, 5) is 12.2. The van der Waals surface area contributed by atoms with E-state index < -0.39 is 15.9 Å². The van der Waals surface area contributed by atoms with Crippen LogP contribution in [0.4, 0.5) is 5.69 Å². The van der Waals surface area contributed by atoms with Gasteiger partial charge in [0.1, 0.15) is 12.3 Å². The van der Waals surface area contributed by atoms with Crippen molar-refractivity contribution in [3.05, 3.63) is 58.1 Å². The van der Waals surface area contributed by atoms with Crippen LogP contribution in [-0.4, -0.2) is 40.8 Å². The second-order valence-corrected chi connectivity index (χ2v) is 8.92. The number of hydrogen-bond acceptors (Lipinski definition) is 4. The highest BCUT2D eigenvalue weighted by atomic mass is 35.5. The summed E-state index contributed by atoms with van der Waals surface area (Å²) in [5.41, 5.74) is 1.41. The summed E-state index contributed by atoms with van der Waals surface area (Å²) in [5.74, 6) is 0.0268. The zero-order valence-electron chi connectivity index (χ0n) is 15.6. The van der Waals surface area contributed by atoms with E-state index in [-0.39, 0.29) is 11.6 Å². The van der Waals surface area contributed by atoms with Crippen molar-refractivity contribution in [2.75, 3.05) is 30.8 Å². The highest BCUT2D eigenvalue weighted by Gasteiger charge is 2.21. The molecule has 0 aliphatic rings. The number of hydrogen-bond donors (Lipinski definition) is 1. The number of amides is 1. The molecule has 0 fully saturated rings. The van der Waals surface area contributed by atoms with Gasteiger partial charge in [0.05, 0.1) is 24.1 Å². The number of benzene rings is 2. The summed E-state index contributed by atoms with van der Waals surface area (Å²) < 4.78 is 30.3. The molecule has 0 bridgehead atoms. The van der Waals surface area contributed by atoms with E-state index in [0.717, 1.165) is 29.0 Å². The first-order valence-electron chi connectivity index (χ1n) is 8.53. The summed E-state index contributed by atoms with van der Waals surface area (Å²) >= 11 is 11.9. The van der Waals surface area contributed by atoms with E-state index in [0.29, 0.717) is 23.0 Å². The summed E-state index contributed by atoms with van der Waals surface area (Å²) in [5, 5.41) is 3.68. The summed E-state index contributed by atoms with van der Waals surface area (Å²) in [6, 6.07) is 12.1. The SMILES string of the molecule is COc1ccc(N(CC(=O)NCCCc2ccc(Cl)cc2)S(C)(=O)=O)cc1Cl. The lowest BCUT2D eigenvalue weighted by Gasteiger charge is -2.22. The smallest absolute Gasteiger partial charge is 0.240 e. The molecule has 9 heteroatoms. The minimum absolute atomic E-state index is 0.261. The molecule has 152 valence electrons. The monoisotopic (exact) mass is 444 g/mol. The molecule has 0 atom stereocenters. The van der Waals surface area contributed by atoms with Crippen molar-refractivity contribution in [1.82, 2.24) is 5.32 Å². The topological polar surface area (TPSA) is 75.7 Å². The number of ether oxygens (including phenoxy) is 1. The number of methoxy groups -OCH3 is 1. The lowest BCUT2D eigenvalue weighted by molar-refractivity contribution is -0.119. The third kappa shape index (κ3) is 6.58. The third-order valence-corrected chi connectivity index (χ3v) is 5.68. The summed E-state index contributed by atoms with van der Waals surface area (Å²) in [7, 11) is -2.20. The Morgan fingerprint density at radius 3 is 2.39 bits per heavy atom. The van der Waals surface area contributed by atoms with E-state index in [1.54, 1.807) is 12.1 Å². The van der Waals surface area contributed by atoms with Crippen LogP contribution in [0.3, 0.4) is 0 Å². The molecule has 0 unspecified atom stereocenters. The van der Waals surface area contributed by atoms with Gasteiger partial charge in [0.25, 0.3) is 0 Å². The standard InChI is InChI=1S/C19H22Cl2N2O4S/c1-27-18-10-9-16(12-17(18)21)23(28(2,25)26)13-19(24)22-11-3-4-14-5-7-15(20)8-6-14/h5-10,12H,3-4,11,13H2,1-2H3,(H,22,24). The zero-order valence-corrected chi connectivity index (χ0v) is 17.9. The molecule has 1 N–H and O–H groups in total. The Kier molecular flexibility index (Phi) is 7.98. The van der Waals surface area contributed by atoms with Crippen LogP contribution in [0.1, 0.15) is 12.0 Å². The maximum atomic E-state index is 12.2. The van der Waals surface area contributed by atoms with E-state index in [4.69, 9.17) is 27.9 Å². The highest BCUT2D eigenvalue weighted by molar-refractivity contribution is 7.92. The first kappa shape index (κ1) is 22.3. The van der Waals surface area contributed by atoms with Crippen molar-refractivity contribution < 1.29 is 17.9 Å². The molecule has 28 heavy (non-hydrogen) atoms. The molecule has 0 radical (unpaired) electrons. The second kappa shape index (κ2) is 10.0. The van der Waals surface area contributed by atoms with Crippen molar-refractivity contribution in [3.8, 4) is 5.75 Å². The highest BCUT2D eigenvalue weighted by Crippen LogP contribution is 2.30. The van der Waals surface area contributed by atoms with Gasteiger partial charge >= 0.3 is 0 Å². The van der Waals surface area contributed by atoms with Crippen molar-refractivity contribution in [1.29, 1.82) is 0 Å². The Labute approximate surface area is 175 Å². The second-order valence-electron chi connectivity index (χ2n) is 6.17. The van der Waals surface area contributed by atoms with E-state index in [2.05, 4.69) is 5.32 Å². The number of aryl methyl sites for hydroxylation is 1. The largest absolute Gasteiger partial charge is 0.495 e. The first-order chi connectivity index (χ1) is 13.2. The minimum Gasteiger partial charge on any atom is -0.495 e. The number of nitrogens with zero attached hydrogens (tertiary/aromatic N) is 1. The zero-order chi connectivity index (χ0) is 20.7. The molecule has 0 aromatic heterocycles. The number of carbonyl (C=O) groups excluding carboxylic acids is 1. The van der Waals surface area contributed by atoms with Gasteiger partial charge in [-0.3, -0.25) is 9.10 Å². The molecule has 2 aromatic rings. The van der Waals surface area contributed by atoms with E-state index in [1.165, 1.54) is 13.2 Å². The average Bonchev–Trinajstić information content (AvgIpc) is 2.64. The number of nitrogens with one attached hydrogen (secondary N) is 1. The lowest BCUT2D eigenvalue weighted by atomic mass is 10.1. The van der Waals surface area contributed by atoms with Crippen molar-refractivity contribution in [2.45, 2.75) is 12.8 Å². The average molecular weight is 445 g/mol. The van der Waals surface area contributed by atoms with Crippen molar-refractivity contribution in [3.63, 3.8) is 0 Å². The molecule has 0 heterocycles. The Balaban J connectivity index is 1.94. The molecule has 0 saturated carbocycles. The van der Waals surface area contributed by atoms with Gasteiger partial charge in [0.15, 0.2) is 0 Å². The molecule has 0 spiro atoms. The molecule has 2 rings (SSSR count). The quantitative estimate of drug-likeness (QED) is 0.600. The van der Waals surface area contributed by atoms with Gasteiger partial charge in [-0.2, -0.15) is 0 Å². The molecule has 2 aromatic carbocycles. The Hall–Kier alpha value is -1.96. The molecular formula is C19H22Cl2N2O4S. The van der Waals surface area contributed by atoms with E-state index >= 15 is 0 Å². The molecule has 0 saturated heterocycles. The van der Waals surface area contributed by atoms with Gasteiger partial charge in [0, 0.05) is 11.6 Å². The number of anilines is 1. The molecule has 1 amide bonds. The first-order valence-corrected chi connectivity index (χ1v) is 11.1. The fraction of sp³-hybridized carbons (Fsp3) is 0.316. The maximum Gasteiger partial charge on any atom is 0.240 e. The predicted octanol–water partition coefficient (Wildman–Crippen LogP) is 3.52. The lowest BCUT2D eigenvalue weighted by Crippen LogP contribution is -2.40. The molecule has 6 nitrogen and oxygen atoms in total. The van der Waals surface area contributed by atoms with Gasteiger partial charge in [-0.1, -0.05) is 35.3 Å². The van der Waals surface area contributed by atoms with Gasteiger partial charge in [-0.05, 0) is 48.7 Å². The van der Waals surface area contributed by atoms with Gasteiger partial charge in [-0.15, -0.1) is 0 Å². The number of rotatable bonds is 9. The number of halogens is 2. The van der Waals surface area contributed by atoms with Gasteiger partial charge < -0.3 is 10.1 Å².